The van der Waals surface area contributed by atoms with Crippen molar-refractivity contribution in [2.75, 3.05) is 4.90 Å². The molecule has 3 heterocycles. The summed E-state index contributed by atoms with van der Waals surface area (Å²) < 4.78 is 10.1. The van der Waals surface area contributed by atoms with Gasteiger partial charge in [-0.15, -0.1) is 11.3 Å². The molecule has 58 heavy (non-hydrogen) atoms. The van der Waals surface area contributed by atoms with Crippen LogP contribution in [0, 0.1) is 0 Å². The minimum absolute atomic E-state index is 0.872. The van der Waals surface area contributed by atoms with Crippen LogP contribution >= 0.6 is 11.3 Å². The van der Waals surface area contributed by atoms with Crippen LogP contribution in [0.15, 0.2) is 211 Å². The molecule has 0 saturated carbocycles. The molecule has 0 N–H and O–H groups in total. The number of fused-ring (bicyclic) bond motifs is 9. The highest BCUT2D eigenvalue weighted by Gasteiger charge is 2.21. The van der Waals surface area contributed by atoms with Crippen molar-refractivity contribution in [2.24, 2.45) is 0 Å². The second-order valence-electron chi connectivity index (χ2n) is 14.9. The third kappa shape index (κ3) is 5.12. The molecule has 0 saturated heterocycles. The number of benzene rings is 9. The van der Waals surface area contributed by atoms with Gasteiger partial charge in [-0.2, -0.15) is 0 Å². The lowest BCUT2D eigenvalue weighted by Gasteiger charge is -2.26. The first kappa shape index (κ1) is 32.8. The third-order valence-electron chi connectivity index (χ3n) is 11.6. The lowest BCUT2D eigenvalue weighted by Crippen LogP contribution is -2.10. The molecule has 12 rings (SSSR count). The number of hydrogen-bond donors (Lipinski definition) is 0. The Morgan fingerprint density at radius 3 is 1.90 bits per heavy atom. The molecule has 0 unspecified atom stereocenters. The van der Waals surface area contributed by atoms with Crippen LogP contribution in [-0.2, 0) is 0 Å². The molecular formula is C54H34N2OS. The summed E-state index contributed by atoms with van der Waals surface area (Å²) >= 11 is 1.87. The molecule has 9 aromatic carbocycles. The molecule has 0 aliphatic carbocycles. The SMILES string of the molecule is c1ccc(-c2c3ccccc3n3c2sc2cc(-c4ccc(N(c5ccc(-c6cccc7ccccc67)cc5)c5cccc6oc7ccccc7c56)cc4)ccc23)cc1. The van der Waals surface area contributed by atoms with Crippen LogP contribution in [0.4, 0.5) is 17.1 Å². The number of furan rings is 1. The first-order valence-electron chi connectivity index (χ1n) is 19.7. The van der Waals surface area contributed by atoms with Gasteiger partial charge in [0.2, 0.25) is 0 Å². The summed E-state index contributed by atoms with van der Waals surface area (Å²) in [7, 11) is 0. The molecule has 0 aliphatic heterocycles. The second-order valence-corrected chi connectivity index (χ2v) is 15.9. The Labute approximate surface area is 338 Å². The van der Waals surface area contributed by atoms with Gasteiger partial charge in [0.25, 0.3) is 0 Å². The molecule has 0 amide bonds. The molecule has 4 heteroatoms. The predicted molar refractivity (Wildman–Crippen MR) is 246 cm³/mol. The molecule has 3 aromatic heterocycles. The van der Waals surface area contributed by atoms with Gasteiger partial charge < -0.3 is 9.32 Å². The van der Waals surface area contributed by atoms with E-state index in [0.29, 0.717) is 0 Å². The summed E-state index contributed by atoms with van der Waals surface area (Å²) in [5.74, 6) is 0. The molecule has 0 spiro atoms. The van der Waals surface area contributed by atoms with Gasteiger partial charge >= 0.3 is 0 Å². The minimum Gasteiger partial charge on any atom is -0.456 e. The van der Waals surface area contributed by atoms with Gasteiger partial charge in [-0.05, 0) is 99.3 Å². The summed E-state index contributed by atoms with van der Waals surface area (Å²) in [6.07, 6.45) is 0. The number of rotatable bonds is 6. The normalized spacial score (nSPS) is 11.8. The fraction of sp³-hybridized carbons (Fsp3) is 0. The molecule has 12 aromatic rings. The van der Waals surface area contributed by atoms with Crippen molar-refractivity contribution < 1.29 is 4.42 Å². The van der Waals surface area contributed by atoms with E-state index in [1.165, 1.54) is 70.1 Å². The largest absolute Gasteiger partial charge is 0.456 e. The van der Waals surface area contributed by atoms with Crippen LogP contribution in [-0.4, -0.2) is 4.40 Å². The van der Waals surface area contributed by atoms with Crippen LogP contribution in [0.3, 0.4) is 0 Å². The van der Waals surface area contributed by atoms with Gasteiger partial charge in [0.15, 0.2) is 0 Å². The zero-order valence-electron chi connectivity index (χ0n) is 31.3. The lowest BCUT2D eigenvalue weighted by atomic mass is 9.98. The topological polar surface area (TPSA) is 20.8 Å². The van der Waals surface area contributed by atoms with Crippen molar-refractivity contribution in [1.82, 2.24) is 4.40 Å². The molecular weight excluding hydrogens is 725 g/mol. The Balaban J connectivity index is 0.976. The Hall–Kier alpha value is -7.40. The monoisotopic (exact) mass is 758 g/mol. The highest BCUT2D eigenvalue weighted by atomic mass is 32.1. The minimum atomic E-state index is 0.872. The predicted octanol–water partition coefficient (Wildman–Crippen LogP) is 15.8. The summed E-state index contributed by atoms with van der Waals surface area (Å²) in [6, 6.07) is 74.3. The van der Waals surface area contributed by atoms with Crippen LogP contribution < -0.4 is 4.90 Å². The van der Waals surface area contributed by atoms with Crippen molar-refractivity contribution in [1.29, 1.82) is 0 Å². The fourth-order valence-corrected chi connectivity index (χ4v) is 10.2. The number of nitrogens with zero attached hydrogens (tertiary/aromatic N) is 2. The number of hydrogen-bond acceptors (Lipinski definition) is 3. The zero-order chi connectivity index (χ0) is 38.2. The van der Waals surface area contributed by atoms with Gasteiger partial charge in [0, 0.05) is 27.7 Å². The second kappa shape index (κ2) is 13.1. The lowest BCUT2D eigenvalue weighted by molar-refractivity contribution is 0.669. The van der Waals surface area contributed by atoms with E-state index in [0.717, 1.165) is 39.0 Å². The van der Waals surface area contributed by atoms with E-state index < -0.39 is 0 Å². The van der Waals surface area contributed by atoms with Gasteiger partial charge in [-0.25, -0.2) is 0 Å². The Bertz CT molecular complexity index is 3500. The molecule has 0 aliphatic rings. The van der Waals surface area contributed by atoms with E-state index in [1.54, 1.807) is 0 Å². The van der Waals surface area contributed by atoms with Gasteiger partial charge in [-0.3, -0.25) is 4.40 Å². The number of anilines is 3. The highest BCUT2D eigenvalue weighted by molar-refractivity contribution is 7.24. The summed E-state index contributed by atoms with van der Waals surface area (Å²) in [4.78, 5) is 3.64. The number of aromatic nitrogens is 1. The van der Waals surface area contributed by atoms with Crippen molar-refractivity contribution in [3.63, 3.8) is 0 Å². The Morgan fingerprint density at radius 1 is 0.431 bits per heavy atom. The third-order valence-corrected chi connectivity index (χ3v) is 12.7. The van der Waals surface area contributed by atoms with Crippen LogP contribution in [0.2, 0.25) is 0 Å². The quantitative estimate of drug-likeness (QED) is 0.168. The summed E-state index contributed by atoms with van der Waals surface area (Å²) in [5, 5.41) is 5.98. The zero-order valence-corrected chi connectivity index (χ0v) is 32.2. The van der Waals surface area contributed by atoms with E-state index in [-0.39, 0.29) is 0 Å². The number of para-hydroxylation sites is 2. The first-order valence-corrected chi connectivity index (χ1v) is 20.5. The molecule has 0 fully saturated rings. The van der Waals surface area contributed by atoms with Crippen LogP contribution in [0.1, 0.15) is 0 Å². The van der Waals surface area contributed by atoms with Crippen molar-refractivity contribution in [2.45, 2.75) is 0 Å². The summed E-state index contributed by atoms with van der Waals surface area (Å²) in [5.41, 5.74) is 14.8. The molecule has 272 valence electrons. The van der Waals surface area contributed by atoms with Gasteiger partial charge in [-0.1, -0.05) is 146 Å². The Morgan fingerprint density at radius 2 is 1.07 bits per heavy atom. The maximum atomic E-state index is 6.39. The maximum Gasteiger partial charge on any atom is 0.137 e. The first-order chi connectivity index (χ1) is 28.8. The fourth-order valence-electron chi connectivity index (χ4n) is 8.94. The molecule has 0 radical (unpaired) electrons. The van der Waals surface area contributed by atoms with E-state index in [4.69, 9.17) is 4.42 Å². The molecule has 0 atom stereocenters. The van der Waals surface area contributed by atoms with Crippen molar-refractivity contribution in [3.8, 4) is 33.4 Å². The maximum absolute atomic E-state index is 6.39. The van der Waals surface area contributed by atoms with Crippen LogP contribution in [0.5, 0.6) is 0 Å². The van der Waals surface area contributed by atoms with Gasteiger partial charge in [0.05, 0.1) is 26.8 Å². The smallest absolute Gasteiger partial charge is 0.137 e. The average Bonchev–Trinajstić information content (AvgIpc) is 3.96. The summed E-state index contributed by atoms with van der Waals surface area (Å²) in [6.45, 7) is 0. The molecule has 3 nitrogen and oxygen atoms in total. The van der Waals surface area contributed by atoms with E-state index in [9.17, 15) is 0 Å². The van der Waals surface area contributed by atoms with E-state index in [1.807, 2.05) is 23.5 Å². The van der Waals surface area contributed by atoms with Crippen molar-refractivity contribution in [3.05, 3.63) is 206 Å². The van der Waals surface area contributed by atoms with E-state index >= 15 is 0 Å². The highest BCUT2D eigenvalue weighted by Crippen LogP contribution is 2.45. The van der Waals surface area contributed by atoms with E-state index in [2.05, 4.69) is 203 Å². The molecule has 0 bridgehead atoms. The Kier molecular flexibility index (Phi) is 7.40. The van der Waals surface area contributed by atoms with Crippen LogP contribution in [0.25, 0.3) is 92.0 Å². The average molecular weight is 759 g/mol. The van der Waals surface area contributed by atoms with Gasteiger partial charge in [0.1, 0.15) is 16.0 Å². The van der Waals surface area contributed by atoms with Crippen molar-refractivity contribution >= 4 is 87.1 Å². The number of thiazole rings is 1. The standard InChI is InChI=1S/C54H34N2OS/c1-2-13-38(14-3-1)52-44-17-6-8-20-46(44)56-47-33-28-39(34-51(47)58-54(52)56)35-24-29-40(30-25-35)55(48-21-11-23-50-53(48)45-18-7-9-22-49(45)57-50)41-31-26-37(27-32-41)43-19-10-15-36-12-4-5-16-42(36)43/h1-34H.